The summed E-state index contributed by atoms with van der Waals surface area (Å²) in [6.07, 6.45) is 0.586. The molecule has 1 nitrogen and oxygen atoms in total. The molecule has 2 aromatic carbocycles. The normalized spacial score (nSPS) is 10.4. The lowest BCUT2D eigenvalue weighted by Gasteiger charge is -2.09. The predicted molar refractivity (Wildman–Crippen MR) is 67.2 cm³/mol. The van der Waals surface area contributed by atoms with Gasteiger partial charge in [0.1, 0.15) is 17.9 Å². The molecule has 2 rings (SSSR count). The molecule has 0 amide bonds. The van der Waals surface area contributed by atoms with Crippen molar-refractivity contribution in [1.29, 1.82) is 0 Å². The zero-order valence-electron chi connectivity index (χ0n) is 8.88. The molecule has 0 radical (unpaired) electrons. The van der Waals surface area contributed by atoms with Crippen LogP contribution in [0.25, 0.3) is 11.1 Å². The van der Waals surface area contributed by atoms with Gasteiger partial charge in [-0.2, -0.15) is 0 Å². The first-order valence-electron chi connectivity index (χ1n) is 4.92. The Morgan fingerprint density at radius 3 is 2.11 bits per heavy atom. The predicted octanol–water partition coefficient (Wildman–Crippen LogP) is 4.75. The first-order chi connectivity index (χ1) is 8.52. The maximum Gasteiger partial charge on any atom is 0.150 e. The van der Waals surface area contributed by atoms with E-state index in [4.69, 9.17) is 23.2 Å². The van der Waals surface area contributed by atoms with Crippen LogP contribution in [-0.4, -0.2) is 6.29 Å². The van der Waals surface area contributed by atoms with Crippen molar-refractivity contribution in [2.75, 3.05) is 0 Å². The summed E-state index contributed by atoms with van der Waals surface area (Å²) in [6, 6.07) is 5.85. The van der Waals surface area contributed by atoms with Gasteiger partial charge in [-0.15, -0.1) is 0 Å². The number of carbonyl (C=O) groups excluding carboxylic acids is 1. The Balaban J connectivity index is 2.67. The zero-order valence-corrected chi connectivity index (χ0v) is 10.4. The Morgan fingerprint density at radius 1 is 1.00 bits per heavy atom. The van der Waals surface area contributed by atoms with E-state index >= 15 is 0 Å². The minimum absolute atomic E-state index is 0.0869. The highest BCUT2D eigenvalue weighted by Gasteiger charge is 2.14. The second-order valence-electron chi connectivity index (χ2n) is 3.60. The summed E-state index contributed by atoms with van der Waals surface area (Å²) in [6.45, 7) is 0. The van der Waals surface area contributed by atoms with Crippen LogP contribution in [0.4, 0.5) is 8.78 Å². The van der Waals surface area contributed by atoms with Gasteiger partial charge in [-0.3, -0.25) is 4.79 Å². The van der Waals surface area contributed by atoms with Crippen molar-refractivity contribution >= 4 is 29.5 Å². The van der Waals surface area contributed by atoms with Crippen LogP contribution in [0.15, 0.2) is 30.3 Å². The van der Waals surface area contributed by atoms with Gasteiger partial charge in [0.15, 0.2) is 0 Å². The smallest absolute Gasteiger partial charge is 0.150 e. The molecule has 0 N–H and O–H groups in total. The van der Waals surface area contributed by atoms with E-state index in [-0.39, 0.29) is 26.7 Å². The SMILES string of the molecule is O=Cc1cc(Cl)c(-c2ccc(F)cc2F)c(Cl)c1. The van der Waals surface area contributed by atoms with Crippen molar-refractivity contribution < 1.29 is 13.6 Å². The fraction of sp³-hybridized carbons (Fsp3) is 0. The van der Waals surface area contributed by atoms with Crippen molar-refractivity contribution in [3.8, 4) is 11.1 Å². The van der Waals surface area contributed by atoms with Crippen molar-refractivity contribution in [2.24, 2.45) is 0 Å². The van der Waals surface area contributed by atoms with Gasteiger partial charge in [0.25, 0.3) is 0 Å². The summed E-state index contributed by atoms with van der Waals surface area (Å²) in [4.78, 5) is 10.6. The van der Waals surface area contributed by atoms with Gasteiger partial charge in [0.2, 0.25) is 0 Å². The summed E-state index contributed by atoms with van der Waals surface area (Å²) in [7, 11) is 0. The largest absolute Gasteiger partial charge is 0.298 e. The molecule has 92 valence electrons. The van der Waals surface area contributed by atoms with Crippen molar-refractivity contribution in [2.45, 2.75) is 0 Å². The molecule has 0 saturated heterocycles. The fourth-order valence-corrected chi connectivity index (χ4v) is 2.32. The lowest BCUT2D eigenvalue weighted by atomic mass is 10.0. The fourth-order valence-electron chi connectivity index (χ4n) is 1.61. The topological polar surface area (TPSA) is 17.1 Å². The van der Waals surface area contributed by atoms with E-state index in [2.05, 4.69) is 0 Å². The molecular weight excluding hydrogens is 281 g/mol. The molecule has 2 aromatic rings. The summed E-state index contributed by atoms with van der Waals surface area (Å²) in [5, 5.41) is 0.269. The van der Waals surface area contributed by atoms with Crippen molar-refractivity contribution in [1.82, 2.24) is 0 Å². The number of hydrogen-bond donors (Lipinski definition) is 0. The van der Waals surface area contributed by atoms with Crippen LogP contribution < -0.4 is 0 Å². The van der Waals surface area contributed by atoms with E-state index in [0.717, 1.165) is 12.1 Å². The molecule has 0 spiro atoms. The van der Waals surface area contributed by atoms with E-state index in [0.29, 0.717) is 6.29 Å². The van der Waals surface area contributed by atoms with Crippen molar-refractivity contribution in [3.05, 3.63) is 57.6 Å². The number of hydrogen-bond acceptors (Lipinski definition) is 1. The molecule has 5 heteroatoms. The molecule has 0 atom stereocenters. The summed E-state index contributed by atoms with van der Waals surface area (Å²) >= 11 is 11.9. The van der Waals surface area contributed by atoms with E-state index in [1.54, 1.807) is 0 Å². The van der Waals surface area contributed by atoms with Crippen LogP contribution in [0, 0.1) is 11.6 Å². The number of rotatable bonds is 2. The van der Waals surface area contributed by atoms with E-state index in [9.17, 15) is 13.6 Å². The Labute approximate surface area is 112 Å². The lowest BCUT2D eigenvalue weighted by Crippen LogP contribution is -1.90. The molecule has 0 saturated carbocycles. The summed E-state index contributed by atoms with van der Waals surface area (Å²) in [5.74, 6) is -1.45. The van der Waals surface area contributed by atoms with Crippen LogP contribution in [0.3, 0.4) is 0 Å². The third-order valence-corrected chi connectivity index (χ3v) is 3.00. The van der Waals surface area contributed by atoms with Crippen LogP contribution in [0.2, 0.25) is 10.0 Å². The minimum atomic E-state index is -0.766. The number of benzene rings is 2. The molecule has 0 bridgehead atoms. The van der Waals surface area contributed by atoms with Gasteiger partial charge in [-0.1, -0.05) is 23.2 Å². The van der Waals surface area contributed by atoms with Crippen LogP contribution in [0.5, 0.6) is 0 Å². The quantitative estimate of drug-likeness (QED) is 0.728. The average molecular weight is 287 g/mol. The maximum atomic E-state index is 13.7. The molecule has 0 aliphatic carbocycles. The molecular formula is C13H6Cl2F2O. The molecule has 0 heterocycles. The van der Waals surface area contributed by atoms with E-state index in [1.165, 1.54) is 18.2 Å². The Hall–Kier alpha value is -1.45. The third-order valence-electron chi connectivity index (χ3n) is 2.40. The zero-order chi connectivity index (χ0) is 13.3. The average Bonchev–Trinajstić information content (AvgIpc) is 2.30. The molecule has 0 aromatic heterocycles. The number of aldehydes is 1. The second kappa shape index (κ2) is 5.04. The van der Waals surface area contributed by atoms with Gasteiger partial charge in [-0.05, 0) is 24.3 Å². The Morgan fingerprint density at radius 2 is 1.61 bits per heavy atom. The highest BCUT2D eigenvalue weighted by atomic mass is 35.5. The Bertz CT molecular complexity index is 603. The van der Waals surface area contributed by atoms with Crippen LogP contribution in [-0.2, 0) is 0 Å². The Kier molecular flexibility index (Phi) is 3.64. The second-order valence-corrected chi connectivity index (χ2v) is 4.42. The highest BCUT2D eigenvalue weighted by molar-refractivity contribution is 6.39. The summed E-state index contributed by atoms with van der Waals surface area (Å²) < 4.78 is 26.5. The maximum absolute atomic E-state index is 13.7. The summed E-state index contributed by atoms with van der Waals surface area (Å²) in [5.41, 5.74) is 0.613. The van der Waals surface area contributed by atoms with Gasteiger partial charge in [0, 0.05) is 22.8 Å². The first-order valence-corrected chi connectivity index (χ1v) is 5.68. The molecule has 0 aliphatic heterocycles. The lowest BCUT2D eigenvalue weighted by molar-refractivity contribution is 0.112. The van der Waals surface area contributed by atoms with E-state index in [1.807, 2.05) is 0 Å². The number of carbonyl (C=O) groups is 1. The first kappa shape index (κ1) is 13.0. The number of halogens is 4. The van der Waals surface area contributed by atoms with E-state index < -0.39 is 11.6 Å². The molecule has 0 fully saturated rings. The van der Waals surface area contributed by atoms with Gasteiger partial charge >= 0.3 is 0 Å². The van der Waals surface area contributed by atoms with Crippen LogP contribution in [0.1, 0.15) is 10.4 Å². The molecule has 18 heavy (non-hydrogen) atoms. The van der Waals surface area contributed by atoms with Gasteiger partial charge in [0.05, 0.1) is 10.0 Å². The van der Waals surface area contributed by atoms with Gasteiger partial charge < -0.3 is 0 Å². The highest BCUT2D eigenvalue weighted by Crippen LogP contribution is 2.37. The monoisotopic (exact) mass is 286 g/mol. The van der Waals surface area contributed by atoms with Crippen molar-refractivity contribution in [3.63, 3.8) is 0 Å². The van der Waals surface area contributed by atoms with Gasteiger partial charge in [-0.25, -0.2) is 8.78 Å². The third kappa shape index (κ3) is 2.37. The van der Waals surface area contributed by atoms with Crippen LogP contribution >= 0.6 is 23.2 Å². The molecule has 0 aliphatic rings. The standard InChI is InChI=1S/C13H6Cl2F2O/c14-10-3-7(6-18)4-11(15)13(10)9-2-1-8(16)5-12(9)17/h1-6H. The minimum Gasteiger partial charge on any atom is -0.298 e. The molecule has 0 unspecified atom stereocenters.